The third-order valence-electron chi connectivity index (χ3n) is 2.95. The van der Waals surface area contributed by atoms with E-state index in [0.29, 0.717) is 22.3 Å². The van der Waals surface area contributed by atoms with Gasteiger partial charge in [0.1, 0.15) is 11.8 Å². The smallest absolute Gasteiger partial charge is 0.358 e. The van der Waals surface area contributed by atoms with E-state index in [9.17, 15) is 9.90 Å². The Hall–Kier alpha value is -3.20. The van der Waals surface area contributed by atoms with E-state index in [-0.39, 0.29) is 5.69 Å². The summed E-state index contributed by atoms with van der Waals surface area (Å²) in [5.41, 5.74) is 1.08. The number of hydrogen-bond acceptors (Lipinski definition) is 4. The van der Waals surface area contributed by atoms with Gasteiger partial charge in [0.05, 0.1) is 11.2 Å². The Morgan fingerprint density at radius 2 is 2.00 bits per heavy atom. The lowest BCUT2D eigenvalue weighted by atomic mass is 10.1. The average molecular weight is 264 g/mol. The second-order valence-electron chi connectivity index (χ2n) is 4.09. The molecule has 0 aliphatic heterocycles. The quantitative estimate of drug-likeness (QED) is 0.764. The highest BCUT2D eigenvalue weighted by Crippen LogP contribution is 2.24. The summed E-state index contributed by atoms with van der Waals surface area (Å²) in [5.74, 6) is -1.18. The number of carbonyl (C=O) groups is 1. The van der Waals surface area contributed by atoms with Crippen LogP contribution >= 0.6 is 0 Å². The Balaban J connectivity index is 2.46. The fourth-order valence-electron chi connectivity index (χ4n) is 2.09. The Bertz CT molecular complexity index is 861. The van der Waals surface area contributed by atoms with Gasteiger partial charge in [-0.05, 0) is 18.2 Å². The second-order valence-corrected chi connectivity index (χ2v) is 4.09. The third-order valence-corrected chi connectivity index (χ3v) is 2.95. The molecule has 0 aliphatic carbocycles. The molecule has 6 nitrogen and oxygen atoms in total. The van der Waals surface area contributed by atoms with E-state index in [1.165, 1.54) is 4.57 Å². The van der Waals surface area contributed by atoms with Gasteiger partial charge in [0.15, 0.2) is 5.69 Å². The highest BCUT2D eigenvalue weighted by Gasteiger charge is 2.19. The van der Waals surface area contributed by atoms with Crippen molar-refractivity contribution in [1.82, 2.24) is 14.8 Å². The molecule has 2 heterocycles. The van der Waals surface area contributed by atoms with Gasteiger partial charge in [0.2, 0.25) is 0 Å². The average Bonchev–Trinajstić information content (AvgIpc) is 2.93. The highest BCUT2D eigenvalue weighted by atomic mass is 16.4. The fourth-order valence-corrected chi connectivity index (χ4v) is 2.09. The molecule has 0 saturated heterocycles. The van der Waals surface area contributed by atoms with E-state index in [2.05, 4.69) is 10.2 Å². The first-order chi connectivity index (χ1) is 9.72. The molecular formula is C14H8N4O2. The number of aromatic carboxylic acids is 1. The maximum atomic E-state index is 11.4. The predicted octanol–water partition coefficient (Wildman–Crippen LogP) is 1.99. The van der Waals surface area contributed by atoms with Gasteiger partial charge < -0.3 is 9.67 Å². The molecule has 0 fully saturated rings. The summed E-state index contributed by atoms with van der Waals surface area (Å²) in [6.07, 6.45) is 1.63. The summed E-state index contributed by atoms with van der Waals surface area (Å²) in [4.78, 5) is 11.4. The van der Waals surface area contributed by atoms with E-state index in [0.717, 1.165) is 0 Å². The van der Waals surface area contributed by atoms with Crippen molar-refractivity contribution in [2.24, 2.45) is 0 Å². The molecule has 20 heavy (non-hydrogen) atoms. The van der Waals surface area contributed by atoms with Crippen molar-refractivity contribution in [3.8, 4) is 11.8 Å². The number of nitriles is 1. The molecule has 0 radical (unpaired) electrons. The number of aromatic nitrogens is 3. The molecule has 0 bridgehead atoms. The van der Waals surface area contributed by atoms with Gasteiger partial charge in [-0.25, -0.2) is 4.79 Å². The van der Waals surface area contributed by atoms with E-state index >= 15 is 0 Å². The van der Waals surface area contributed by atoms with Gasteiger partial charge in [-0.1, -0.05) is 18.2 Å². The molecule has 0 spiro atoms. The SMILES string of the molecule is N#Cc1cccn1-c1c(C(=O)O)nnc2ccccc12. The summed E-state index contributed by atoms with van der Waals surface area (Å²) in [6.45, 7) is 0. The molecule has 0 amide bonds. The Labute approximate surface area is 113 Å². The van der Waals surface area contributed by atoms with E-state index in [4.69, 9.17) is 5.26 Å². The monoisotopic (exact) mass is 264 g/mol. The summed E-state index contributed by atoms with van der Waals surface area (Å²) in [5, 5.41) is 26.7. The zero-order chi connectivity index (χ0) is 14.1. The zero-order valence-corrected chi connectivity index (χ0v) is 10.2. The molecule has 0 aliphatic rings. The summed E-state index contributed by atoms with van der Waals surface area (Å²) >= 11 is 0. The van der Waals surface area contributed by atoms with Crippen molar-refractivity contribution >= 4 is 16.9 Å². The zero-order valence-electron chi connectivity index (χ0n) is 10.2. The maximum Gasteiger partial charge on any atom is 0.358 e. The summed E-state index contributed by atoms with van der Waals surface area (Å²) < 4.78 is 1.51. The van der Waals surface area contributed by atoms with Crippen LogP contribution in [0.25, 0.3) is 16.6 Å². The molecule has 0 unspecified atom stereocenters. The maximum absolute atomic E-state index is 11.4. The topological polar surface area (TPSA) is 91.8 Å². The number of carboxylic acid groups (broad SMARTS) is 1. The number of benzene rings is 1. The van der Waals surface area contributed by atoms with E-state index in [1.54, 1.807) is 42.6 Å². The molecule has 3 rings (SSSR count). The van der Waals surface area contributed by atoms with Gasteiger partial charge in [0.25, 0.3) is 0 Å². The molecule has 1 aromatic carbocycles. The van der Waals surface area contributed by atoms with Crippen LogP contribution in [0.1, 0.15) is 16.2 Å². The second kappa shape index (κ2) is 4.48. The van der Waals surface area contributed by atoms with Crippen LogP contribution < -0.4 is 0 Å². The number of carboxylic acids is 1. The first-order valence-electron chi connectivity index (χ1n) is 5.79. The fraction of sp³-hybridized carbons (Fsp3) is 0. The van der Waals surface area contributed by atoms with E-state index in [1.807, 2.05) is 6.07 Å². The van der Waals surface area contributed by atoms with Gasteiger partial charge in [0, 0.05) is 11.6 Å². The predicted molar refractivity (Wildman–Crippen MR) is 70.5 cm³/mol. The van der Waals surface area contributed by atoms with Crippen LogP contribution in [0.4, 0.5) is 0 Å². The number of nitrogens with zero attached hydrogens (tertiary/aromatic N) is 4. The van der Waals surface area contributed by atoms with Crippen LogP contribution in [-0.4, -0.2) is 25.8 Å². The van der Waals surface area contributed by atoms with Crippen molar-refractivity contribution in [1.29, 1.82) is 5.26 Å². The van der Waals surface area contributed by atoms with Crippen molar-refractivity contribution in [2.75, 3.05) is 0 Å². The summed E-state index contributed by atoms with van der Waals surface area (Å²) in [6, 6.07) is 12.4. The van der Waals surface area contributed by atoms with Crippen LogP contribution in [0.15, 0.2) is 42.6 Å². The minimum atomic E-state index is -1.18. The largest absolute Gasteiger partial charge is 0.476 e. The third kappa shape index (κ3) is 1.69. The van der Waals surface area contributed by atoms with Crippen LogP contribution in [0, 0.1) is 11.3 Å². The lowest BCUT2D eigenvalue weighted by molar-refractivity contribution is 0.0689. The molecule has 6 heteroatoms. The molecule has 1 N–H and O–H groups in total. The minimum Gasteiger partial charge on any atom is -0.476 e. The number of fused-ring (bicyclic) bond motifs is 1. The van der Waals surface area contributed by atoms with E-state index < -0.39 is 5.97 Å². The minimum absolute atomic E-state index is 0.184. The molecule has 0 saturated carbocycles. The molecule has 3 aromatic rings. The number of rotatable bonds is 2. The lowest BCUT2D eigenvalue weighted by Crippen LogP contribution is -2.11. The van der Waals surface area contributed by atoms with Crippen LogP contribution in [-0.2, 0) is 0 Å². The standard InChI is InChI=1S/C14H8N4O2/c15-8-9-4-3-7-18(9)13-10-5-1-2-6-11(10)16-17-12(13)14(19)20/h1-7H,(H,19,20). The van der Waals surface area contributed by atoms with Crippen molar-refractivity contribution < 1.29 is 9.90 Å². The van der Waals surface area contributed by atoms with Crippen LogP contribution in [0.3, 0.4) is 0 Å². The van der Waals surface area contributed by atoms with Crippen molar-refractivity contribution in [3.05, 3.63) is 54.0 Å². The number of hydrogen-bond donors (Lipinski definition) is 1. The van der Waals surface area contributed by atoms with Gasteiger partial charge in [-0.15, -0.1) is 10.2 Å². The van der Waals surface area contributed by atoms with Crippen LogP contribution in [0.2, 0.25) is 0 Å². The van der Waals surface area contributed by atoms with Gasteiger partial charge in [-0.2, -0.15) is 5.26 Å². The van der Waals surface area contributed by atoms with Crippen molar-refractivity contribution in [3.63, 3.8) is 0 Å². The Kier molecular flexibility index (Phi) is 2.66. The first kappa shape index (κ1) is 11.9. The highest BCUT2D eigenvalue weighted by molar-refractivity contribution is 5.98. The molecule has 0 atom stereocenters. The van der Waals surface area contributed by atoms with Crippen LogP contribution in [0.5, 0.6) is 0 Å². The van der Waals surface area contributed by atoms with Gasteiger partial charge in [-0.3, -0.25) is 0 Å². The normalized spacial score (nSPS) is 10.3. The Morgan fingerprint density at radius 1 is 1.20 bits per heavy atom. The molecule has 2 aromatic heterocycles. The molecular weight excluding hydrogens is 256 g/mol. The Morgan fingerprint density at radius 3 is 2.75 bits per heavy atom. The molecule has 96 valence electrons. The van der Waals surface area contributed by atoms with Crippen molar-refractivity contribution in [2.45, 2.75) is 0 Å². The summed E-state index contributed by atoms with van der Waals surface area (Å²) in [7, 11) is 0. The van der Waals surface area contributed by atoms with Gasteiger partial charge >= 0.3 is 5.97 Å². The first-order valence-corrected chi connectivity index (χ1v) is 5.79. The lowest BCUT2D eigenvalue weighted by Gasteiger charge is -2.10.